The molecule has 0 radical (unpaired) electrons. The Bertz CT molecular complexity index is 1210. The average molecular weight is 512 g/mol. The lowest BCUT2D eigenvalue weighted by atomic mass is 10.2. The van der Waals surface area contributed by atoms with Crippen molar-refractivity contribution in [3.63, 3.8) is 0 Å². The molecule has 1 aromatic carbocycles. The lowest BCUT2D eigenvalue weighted by molar-refractivity contribution is -0.137. The Morgan fingerprint density at radius 1 is 1.29 bits per heavy atom. The van der Waals surface area contributed by atoms with Crippen LogP contribution >= 0.6 is 11.6 Å². The van der Waals surface area contributed by atoms with Crippen LogP contribution in [0, 0.1) is 0 Å². The Labute approximate surface area is 204 Å². The van der Waals surface area contributed by atoms with E-state index in [1.54, 1.807) is 17.7 Å². The number of anilines is 3. The van der Waals surface area contributed by atoms with E-state index >= 15 is 0 Å². The minimum atomic E-state index is -4.56. The zero-order chi connectivity index (χ0) is 25.2. The number of rotatable bonds is 8. The molecule has 0 aliphatic heterocycles. The van der Waals surface area contributed by atoms with Gasteiger partial charge in [0.2, 0.25) is 11.9 Å². The predicted octanol–water partition coefficient (Wildman–Crippen LogP) is 5.47. The number of primary amides is 1. The van der Waals surface area contributed by atoms with Crippen LogP contribution in [-0.2, 0) is 17.5 Å². The number of nitrogens with two attached hydrogens (primary N) is 1. The van der Waals surface area contributed by atoms with Gasteiger partial charge in [-0.3, -0.25) is 4.57 Å². The molecule has 1 aliphatic carbocycles. The van der Waals surface area contributed by atoms with E-state index in [2.05, 4.69) is 25.6 Å². The normalized spacial score (nSPS) is 15.3. The van der Waals surface area contributed by atoms with Crippen molar-refractivity contribution in [2.75, 3.05) is 10.6 Å². The van der Waals surface area contributed by atoms with Gasteiger partial charge in [0.25, 0.3) is 0 Å². The first-order valence-electron chi connectivity index (χ1n) is 11.2. The highest BCUT2D eigenvalue weighted by Crippen LogP contribution is 2.34. The summed E-state index contributed by atoms with van der Waals surface area (Å²) in [5.74, 6) is 0.689. The quantitative estimate of drug-likeness (QED) is 0.366. The van der Waals surface area contributed by atoms with Gasteiger partial charge >= 0.3 is 12.3 Å². The molecule has 4 N–H and O–H groups in total. The summed E-state index contributed by atoms with van der Waals surface area (Å²) in [5, 5.41) is 6.18. The zero-order valence-corrected chi connectivity index (χ0v) is 19.7. The van der Waals surface area contributed by atoms with E-state index in [9.17, 15) is 18.0 Å². The number of imidazole rings is 1. The van der Waals surface area contributed by atoms with Crippen molar-refractivity contribution in [2.45, 2.75) is 63.9 Å². The molecular weight excluding hydrogens is 487 g/mol. The molecule has 4 rings (SSSR count). The monoisotopic (exact) mass is 511 g/mol. The molecule has 9 nitrogen and oxygen atoms in total. The van der Waals surface area contributed by atoms with Gasteiger partial charge in [0.1, 0.15) is 11.6 Å². The fourth-order valence-corrected chi connectivity index (χ4v) is 4.31. The predicted molar refractivity (Wildman–Crippen MR) is 126 cm³/mol. The summed E-state index contributed by atoms with van der Waals surface area (Å²) in [6.07, 6.45) is 0.319. The van der Waals surface area contributed by atoms with Crippen LogP contribution in [0.15, 0.2) is 24.4 Å². The molecule has 2 aromatic heterocycles. The third-order valence-corrected chi connectivity index (χ3v) is 5.95. The molecule has 35 heavy (non-hydrogen) atoms. The second kappa shape index (κ2) is 10.1. The standard InChI is InChI=1S/C22H25ClF3N7O2/c1-12(35-19(27)34)6-7-33-18-17(11-28-20(32-18)29-15-4-2-3-5-15)31-21(33)30-16-9-13(22(24,25)26)8-14(23)10-16/h8-12,15H,2-7H2,1H3,(H2,27,34)(H,30,31)(H,28,29,32). The SMILES string of the molecule is CC(CCn1c(Nc2cc(Cl)cc(C(F)(F)F)c2)nc2cnc(NC3CCCC3)nc21)OC(N)=O. The third kappa shape index (κ3) is 6.24. The third-order valence-electron chi connectivity index (χ3n) is 5.73. The van der Waals surface area contributed by atoms with Gasteiger partial charge in [-0.2, -0.15) is 18.2 Å². The highest BCUT2D eigenvalue weighted by molar-refractivity contribution is 6.31. The van der Waals surface area contributed by atoms with Crippen molar-refractivity contribution in [1.29, 1.82) is 0 Å². The number of nitrogens with one attached hydrogen (secondary N) is 2. The summed E-state index contributed by atoms with van der Waals surface area (Å²) in [7, 11) is 0. The van der Waals surface area contributed by atoms with Gasteiger partial charge in [0.05, 0.1) is 11.8 Å². The van der Waals surface area contributed by atoms with Crippen LogP contribution in [0.2, 0.25) is 5.02 Å². The first kappa shape index (κ1) is 24.8. The fraction of sp³-hybridized carbons (Fsp3) is 0.455. The smallest absolute Gasteiger partial charge is 0.416 e. The minimum Gasteiger partial charge on any atom is -0.447 e. The highest BCUT2D eigenvalue weighted by atomic mass is 35.5. The van der Waals surface area contributed by atoms with Gasteiger partial charge < -0.3 is 21.1 Å². The van der Waals surface area contributed by atoms with Gasteiger partial charge in [0, 0.05) is 29.7 Å². The molecule has 1 amide bonds. The Hall–Kier alpha value is -3.28. The minimum absolute atomic E-state index is 0.0729. The van der Waals surface area contributed by atoms with Crippen molar-refractivity contribution in [1.82, 2.24) is 19.5 Å². The summed E-state index contributed by atoms with van der Waals surface area (Å²) < 4.78 is 46.5. The van der Waals surface area contributed by atoms with E-state index < -0.39 is 23.9 Å². The molecule has 13 heteroatoms. The Balaban J connectivity index is 1.68. The first-order chi connectivity index (χ1) is 16.6. The van der Waals surface area contributed by atoms with Crippen LogP contribution in [0.4, 0.5) is 35.5 Å². The molecule has 188 valence electrons. The van der Waals surface area contributed by atoms with E-state index in [0.717, 1.165) is 37.8 Å². The molecule has 2 heterocycles. The lowest BCUT2D eigenvalue weighted by Crippen LogP contribution is -2.22. The molecule has 0 bridgehead atoms. The van der Waals surface area contributed by atoms with Crippen molar-refractivity contribution in [2.24, 2.45) is 5.73 Å². The number of benzene rings is 1. The molecular formula is C22H25ClF3N7O2. The van der Waals surface area contributed by atoms with E-state index in [0.29, 0.717) is 30.1 Å². The maximum absolute atomic E-state index is 13.3. The Morgan fingerprint density at radius 3 is 2.71 bits per heavy atom. The van der Waals surface area contributed by atoms with Gasteiger partial charge in [-0.25, -0.2) is 14.8 Å². The first-order valence-corrected chi connectivity index (χ1v) is 11.6. The van der Waals surface area contributed by atoms with Crippen LogP contribution in [0.3, 0.4) is 0 Å². The Morgan fingerprint density at radius 2 is 2.03 bits per heavy atom. The Kier molecular flexibility index (Phi) is 7.20. The van der Waals surface area contributed by atoms with E-state index in [1.165, 1.54) is 6.07 Å². The van der Waals surface area contributed by atoms with Gasteiger partial charge in [0.15, 0.2) is 5.65 Å². The molecule has 0 saturated heterocycles. The summed E-state index contributed by atoms with van der Waals surface area (Å²) in [5.41, 5.74) is 5.25. The second-order valence-corrected chi connectivity index (χ2v) is 8.94. The summed E-state index contributed by atoms with van der Waals surface area (Å²) in [6.45, 7) is 1.98. The second-order valence-electron chi connectivity index (χ2n) is 8.50. The molecule has 1 saturated carbocycles. The van der Waals surface area contributed by atoms with E-state index in [1.807, 2.05) is 0 Å². The maximum atomic E-state index is 13.3. The number of ether oxygens (including phenoxy) is 1. The van der Waals surface area contributed by atoms with Crippen LogP contribution in [-0.4, -0.2) is 37.8 Å². The van der Waals surface area contributed by atoms with E-state index in [4.69, 9.17) is 22.1 Å². The van der Waals surface area contributed by atoms with Crippen molar-refractivity contribution >= 4 is 46.4 Å². The van der Waals surface area contributed by atoms with E-state index in [-0.39, 0.29) is 22.7 Å². The van der Waals surface area contributed by atoms with Crippen molar-refractivity contribution in [3.8, 4) is 0 Å². The summed E-state index contributed by atoms with van der Waals surface area (Å²) in [6, 6.07) is 3.47. The average Bonchev–Trinajstić information content (AvgIpc) is 3.38. The molecule has 0 spiro atoms. The number of carbonyl (C=O) groups is 1. The molecule has 1 fully saturated rings. The number of hydrogen-bond acceptors (Lipinski definition) is 7. The molecule has 1 unspecified atom stereocenters. The van der Waals surface area contributed by atoms with Crippen LogP contribution in [0.1, 0.15) is 44.6 Å². The molecule has 1 atom stereocenters. The van der Waals surface area contributed by atoms with Crippen molar-refractivity contribution in [3.05, 3.63) is 35.0 Å². The highest BCUT2D eigenvalue weighted by Gasteiger charge is 2.31. The number of aromatic nitrogens is 4. The van der Waals surface area contributed by atoms with Gasteiger partial charge in [-0.15, -0.1) is 0 Å². The zero-order valence-electron chi connectivity index (χ0n) is 18.9. The number of fused-ring (bicyclic) bond motifs is 1. The summed E-state index contributed by atoms with van der Waals surface area (Å²) in [4.78, 5) is 24.5. The van der Waals surface area contributed by atoms with Crippen molar-refractivity contribution < 1.29 is 22.7 Å². The largest absolute Gasteiger partial charge is 0.447 e. The number of amides is 1. The van der Waals surface area contributed by atoms with Crippen LogP contribution < -0.4 is 16.4 Å². The molecule has 3 aromatic rings. The maximum Gasteiger partial charge on any atom is 0.416 e. The number of hydrogen-bond donors (Lipinski definition) is 3. The molecule has 1 aliphatic rings. The number of aryl methyl sites for hydroxylation is 1. The van der Waals surface area contributed by atoms with Gasteiger partial charge in [-0.05, 0) is 38.0 Å². The number of carbonyl (C=O) groups excluding carboxylic acids is 1. The van der Waals surface area contributed by atoms with Gasteiger partial charge in [-0.1, -0.05) is 24.4 Å². The fourth-order valence-electron chi connectivity index (χ4n) is 4.07. The topological polar surface area (TPSA) is 120 Å². The number of alkyl halides is 3. The summed E-state index contributed by atoms with van der Waals surface area (Å²) >= 11 is 5.94. The lowest BCUT2D eigenvalue weighted by Gasteiger charge is -2.16. The number of nitrogens with zero attached hydrogens (tertiary/aromatic N) is 4. The van der Waals surface area contributed by atoms with Crippen LogP contribution in [0.25, 0.3) is 11.2 Å². The van der Waals surface area contributed by atoms with Crippen LogP contribution in [0.5, 0.6) is 0 Å². The number of halogens is 4.